The summed E-state index contributed by atoms with van der Waals surface area (Å²) in [6, 6.07) is 5.89. The van der Waals surface area contributed by atoms with E-state index in [1.54, 1.807) is 20.3 Å². The van der Waals surface area contributed by atoms with E-state index in [0.29, 0.717) is 24.9 Å². The molecule has 112 valence electrons. The highest BCUT2D eigenvalue weighted by molar-refractivity contribution is 5.78. The molecule has 0 saturated heterocycles. The van der Waals surface area contributed by atoms with Crippen molar-refractivity contribution in [3.05, 3.63) is 23.8 Å². The Bertz CT molecular complexity index is 435. The highest BCUT2D eigenvalue weighted by atomic mass is 16.5. The summed E-state index contributed by atoms with van der Waals surface area (Å²) >= 11 is 0. The van der Waals surface area contributed by atoms with Gasteiger partial charge in [0.15, 0.2) is 0 Å². The van der Waals surface area contributed by atoms with Crippen molar-refractivity contribution in [3.63, 3.8) is 0 Å². The first-order valence-corrected chi connectivity index (χ1v) is 6.81. The van der Waals surface area contributed by atoms with E-state index in [9.17, 15) is 4.79 Å². The third-order valence-corrected chi connectivity index (χ3v) is 3.19. The molecule has 5 nitrogen and oxygen atoms in total. The van der Waals surface area contributed by atoms with Crippen LogP contribution in [0.25, 0.3) is 0 Å². The van der Waals surface area contributed by atoms with Crippen LogP contribution in [-0.4, -0.2) is 32.7 Å². The van der Waals surface area contributed by atoms with Crippen LogP contribution in [-0.2, 0) is 11.3 Å². The third kappa shape index (κ3) is 5.09. The highest BCUT2D eigenvalue weighted by Crippen LogP contribution is 2.24. The Hall–Kier alpha value is -1.75. The Balaban J connectivity index is 2.50. The van der Waals surface area contributed by atoms with Gasteiger partial charge in [-0.25, -0.2) is 0 Å². The van der Waals surface area contributed by atoms with Crippen LogP contribution in [0, 0.1) is 0 Å². The fourth-order valence-electron chi connectivity index (χ4n) is 1.67. The molecule has 0 aliphatic rings. The zero-order valence-electron chi connectivity index (χ0n) is 12.7. The molecule has 0 heterocycles. The average Bonchev–Trinajstić information content (AvgIpc) is 2.50. The molecule has 1 aromatic carbocycles. The lowest BCUT2D eigenvalue weighted by Gasteiger charge is -2.13. The SMILES string of the molecule is CCC(C)NCC(=O)NCc1ccc(OC)cc1OC. The predicted octanol–water partition coefficient (Wildman–Crippen LogP) is 1.71. The van der Waals surface area contributed by atoms with Crippen molar-refractivity contribution in [2.24, 2.45) is 0 Å². The summed E-state index contributed by atoms with van der Waals surface area (Å²) in [5, 5.41) is 6.02. The lowest BCUT2D eigenvalue weighted by molar-refractivity contribution is -0.120. The van der Waals surface area contributed by atoms with Crippen LogP contribution < -0.4 is 20.1 Å². The number of rotatable bonds is 8. The normalized spacial score (nSPS) is 11.8. The molecular weight excluding hydrogens is 256 g/mol. The van der Waals surface area contributed by atoms with Gasteiger partial charge in [0.2, 0.25) is 5.91 Å². The number of hydrogen-bond acceptors (Lipinski definition) is 4. The second kappa shape index (κ2) is 8.43. The van der Waals surface area contributed by atoms with Crippen LogP contribution in [0.1, 0.15) is 25.8 Å². The van der Waals surface area contributed by atoms with Crippen molar-refractivity contribution >= 4 is 5.91 Å². The van der Waals surface area contributed by atoms with Gasteiger partial charge in [0.05, 0.1) is 20.8 Å². The Morgan fingerprint density at radius 1 is 1.30 bits per heavy atom. The van der Waals surface area contributed by atoms with E-state index in [0.717, 1.165) is 17.7 Å². The van der Waals surface area contributed by atoms with E-state index in [-0.39, 0.29) is 5.91 Å². The molecule has 0 aliphatic carbocycles. The topological polar surface area (TPSA) is 59.6 Å². The lowest BCUT2D eigenvalue weighted by Crippen LogP contribution is -2.37. The predicted molar refractivity (Wildman–Crippen MR) is 79.1 cm³/mol. The lowest BCUT2D eigenvalue weighted by atomic mass is 10.2. The second-order valence-electron chi connectivity index (χ2n) is 4.64. The quantitative estimate of drug-likeness (QED) is 0.761. The van der Waals surface area contributed by atoms with Crippen molar-refractivity contribution in [1.82, 2.24) is 10.6 Å². The number of benzene rings is 1. The van der Waals surface area contributed by atoms with Gasteiger partial charge in [-0.3, -0.25) is 4.79 Å². The summed E-state index contributed by atoms with van der Waals surface area (Å²) in [7, 11) is 3.21. The number of carbonyl (C=O) groups excluding carboxylic acids is 1. The van der Waals surface area contributed by atoms with Crippen LogP contribution in [0.3, 0.4) is 0 Å². The van der Waals surface area contributed by atoms with Gasteiger partial charge in [-0.1, -0.05) is 6.92 Å². The molecule has 0 spiro atoms. The molecule has 0 bridgehead atoms. The summed E-state index contributed by atoms with van der Waals surface area (Å²) in [4.78, 5) is 11.7. The maximum atomic E-state index is 11.7. The van der Waals surface area contributed by atoms with Crippen LogP contribution in [0.2, 0.25) is 0 Å². The van der Waals surface area contributed by atoms with E-state index in [2.05, 4.69) is 24.5 Å². The molecule has 1 amide bonds. The maximum absolute atomic E-state index is 11.7. The standard InChI is InChI=1S/C15H24N2O3/c1-5-11(2)16-10-15(18)17-9-12-6-7-13(19-3)8-14(12)20-4/h6-8,11,16H,5,9-10H2,1-4H3,(H,17,18). The van der Waals surface area contributed by atoms with Crippen molar-refractivity contribution in [1.29, 1.82) is 0 Å². The van der Waals surface area contributed by atoms with Gasteiger partial charge < -0.3 is 20.1 Å². The summed E-state index contributed by atoms with van der Waals surface area (Å²) in [5.74, 6) is 1.41. The minimum Gasteiger partial charge on any atom is -0.497 e. The van der Waals surface area contributed by atoms with E-state index in [1.165, 1.54) is 0 Å². The molecular formula is C15H24N2O3. The van der Waals surface area contributed by atoms with Crippen molar-refractivity contribution in [2.45, 2.75) is 32.9 Å². The smallest absolute Gasteiger partial charge is 0.234 e. The molecule has 1 rings (SSSR count). The number of hydrogen-bond donors (Lipinski definition) is 2. The molecule has 0 aromatic heterocycles. The molecule has 0 aliphatic heterocycles. The fraction of sp³-hybridized carbons (Fsp3) is 0.533. The summed E-state index contributed by atoms with van der Waals surface area (Å²) in [6.45, 7) is 4.90. The zero-order chi connectivity index (χ0) is 15.0. The molecule has 1 unspecified atom stereocenters. The summed E-state index contributed by atoms with van der Waals surface area (Å²) in [6.07, 6.45) is 1.000. The number of methoxy groups -OCH3 is 2. The van der Waals surface area contributed by atoms with Crippen LogP contribution in [0.15, 0.2) is 18.2 Å². The molecule has 0 radical (unpaired) electrons. The Kier molecular flexibility index (Phi) is 6.87. The number of ether oxygens (including phenoxy) is 2. The van der Waals surface area contributed by atoms with E-state index >= 15 is 0 Å². The Morgan fingerprint density at radius 3 is 2.65 bits per heavy atom. The molecule has 0 saturated carbocycles. The average molecular weight is 280 g/mol. The molecule has 1 aromatic rings. The number of amides is 1. The first-order chi connectivity index (χ1) is 9.60. The van der Waals surface area contributed by atoms with Crippen molar-refractivity contribution in [2.75, 3.05) is 20.8 Å². The second-order valence-corrected chi connectivity index (χ2v) is 4.64. The molecule has 2 N–H and O–H groups in total. The van der Waals surface area contributed by atoms with E-state index < -0.39 is 0 Å². The number of carbonyl (C=O) groups is 1. The third-order valence-electron chi connectivity index (χ3n) is 3.19. The van der Waals surface area contributed by atoms with Crippen molar-refractivity contribution < 1.29 is 14.3 Å². The first-order valence-electron chi connectivity index (χ1n) is 6.81. The minimum absolute atomic E-state index is 0.0248. The van der Waals surface area contributed by atoms with E-state index in [1.807, 2.05) is 12.1 Å². The zero-order valence-corrected chi connectivity index (χ0v) is 12.7. The Morgan fingerprint density at radius 2 is 2.05 bits per heavy atom. The van der Waals surface area contributed by atoms with Gasteiger partial charge in [0, 0.05) is 24.2 Å². The monoisotopic (exact) mass is 280 g/mol. The van der Waals surface area contributed by atoms with Crippen LogP contribution >= 0.6 is 0 Å². The minimum atomic E-state index is -0.0248. The van der Waals surface area contributed by atoms with Gasteiger partial charge in [0.25, 0.3) is 0 Å². The Labute approximate surface area is 120 Å². The summed E-state index contributed by atoms with van der Waals surface area (Å²) < 4.78 is 10.4. The van der Waals surface area contributed by atoms with Crippen molar-refractivity contribution in [3.8, 4) is 11.5 Å². The molecule has 1 atom stereocenters. The molecule has 5 heteroatoms. The van der Waals surface area contributed by atoms with Crippen LogP contribution in [0.5, 0.6) is 11.5 Å². The maximum Gasteiger partial charge on any atom is 0.234 e. The first kappa shape index (κ1) is 16.3. The highest BCUT2D eigenvalue weighted by Gasteiger charge is 2.08. The number of nitrogens with one attached hydrogen (secondary N) is 2. The molecule has 0 fully saturated rings. The van der Waals surface area contributed by atoms with Gasteiger partial charge in [-0.2, -0.15) is 0 Å². The summed E-state index contributed by atoms with van der Waals surface area (Å²) in [5.41, 5.74) is 0.921. The van der Waals surface area contributed by atoms with E-state index in [4.69, 9.17) is 9.47 Å². The van der Waals surface area contributed by atoms with Gasteiger partial charge in [0.1, 0.15) is 11.5 Å². The van der Waals surface area contributed by atoms with Gasteiger partial charge in [-0.05, 0) is 25.5 Å². The largest absolute Gasteiger partial charge is 0.497 e. The fourth-order valence-corrected chi connectivity index (χ4v) is 1.67. The van der Waals surface area contributed by atoms with Gasteiger partial charge >= 0.3 is 0 Å². The van der Waals surface area contributed by atoms with Crippen LogP contribution in [0.4, 0.5) is 0 Å². The van der Waals surface area contributed by atoms with Gasteiger partial charge in [-0.15, -0.1) is 0 Å². The molecule has 20 heavy (non-hydrogen) atoms.